The predicted molar refractivity (Wildman–Crippen MR) is 101 cm³/mol. The van der Waals surface area contributed by atoms with Crippen molar-refractivity contribution in [2.24, 2.45) is 23.2 Å². The van der Waals surface area contributed by atoms with E-state index in [2.05, 4.69) is 19.2 Å². The van der Waals surface area contributed by atoms with E-state index in [0.29, 0.717) is 18.9 Å². The van der Waals surface area contributed by atoms with Gasteiger partial charge in [-0.1, -0.05) is 13.8 Å². The Balaban J connectivity index is 1.70. The summed E-state index contributed by atoms with van der Waals surface area (Å²) in [5.74, 6) is 0.518. The van der Waals surface area contributed by atoms with Crippen LogP contribution in [0.3, 0.4) is 0 Å². The molecule has 4 aliphatic rings. The molecule has 156 valence electrons. The third-order valence-electron chi connectivity index (χ3n) is 7.08. The van der Waals surface area contributed by atoms with Crippen molar-refractivity contribution in [3.05, 3.63) is 0 Å². The smallest absolute Gasteiger partial charge is 0.417 e. The first-order valence-electron chi connectivity index (χ1n) is 10.5. The van der Waals surface area contributed by atoms with Gasteiger partial charge in [0.05, 0.1) is 18.2 Å². The van der Waals surface area contributed by atoms with Crippen molar-refractivity contribution >= 4 is 17.9 Å². The van der Waals surface area contributed by atoms with Gasteiger partial charge >= 0.3 is 6.09 Å². The average Bonchev–Trinajstić information content (AvgIpc) is 2.77. The Morgan fingerprint density at radius 1 is 1.29 bits per heavy atom. The third-order valence-corrected chi connectivity index (χ3v) is 7.08. The van der Waals surface area contributed by atoms with Crippen LogP contribution in [0.5, 0.6) is 0 Å². The average molecular weight is 392 g/mol. The molecule has 5 atom stereocenters. The highest BCUT2D eigenvalue weighted by Gasteiger charge is 2.83. The van der Waals surface area contributed by atoms with Gasteiger partial charge in [0.25, 0.3) is 0 Å². The number of ether oxygens (including phenoxy) is 2. The number of hydrogen-bond donors (Lipinski definition) is 1. The van der Waals surface area contributed by atoms with Gasteiger partial charge in [-0.2, -0.15) is 0 Å². The molecule has 0 aromatic heterocycles. The molecule has 3 amide bonds. The fourth-order valence-electron chi connectivity index (χ4n) is 6.24. The molecule has 3 heterocycles. The Bertz CT molecular complexity index is 714. The zero-order valence-corrected chi connectivity index (χ0v) is 17.5. The van der Waals surface area contributed by atoms with Crippen molar-refractivity contribution < 1.29 is 23.9 Å². The van der Waals surface area contributed by atoms with E-state index in [0.717, 1.165) is 19.3 Å². The van der Waals surface area contributed by atoms with Gasteiger partial charge in [-0.15, -0.1) is 0 Å². The third kappa shape index (κ3) is 2.47. The zero-order valence-electron chi connectivity index (χ0n) is 17.5. The van der Waals surface area contributed by atoms with Crippen molar-refractivity contribution in [3.8, 4) is 0 Å². The molecule has 0 bridgehead atoms. The molecule has 0 aromatic rings. The fraction of sp³-hybridized carbons (Fsp3) is 0.857. The first-order chi connectivity index (χ1) is 13.0. The van der Waals surface area contributed by atoms with Crippen LogP contribution in [0.15, 0.2) is 0 Å². The quantitative estimate of drug-likeness (QED) is 0.780. The lowest BCUT2D eigenvalue weighted by molar-refractivity contribution is -0.204. The number of nitrogens with zero attached hydrogens (tertiary/aromatic N) is 1. The number of imide groups is 1. The first kappa shape index (κ1) is 19.7. The van der Waals surface area contributed by atoms with Crippen molar-refractivity contribution in [2.75, 3.05) is 13.2 Å². The van der Waals surface area contributed by atoms with Gasteiger partial charge in [-0.05, 0) is 57.8 Å². The molecule has 28 heavy (non-hydrogen) atoms. The van der Waals surface area contributed by atoms with Crippen molar-refractivity contribution in [3.63, 3.8) is 0 Å². The lowest BCUT2D eigenvalue weighted by atomic mass is 9.37. The van der Waals surface area contributed by atoms with Crippen LogP contribution < -0.4 is 5.32 Å². The van der Waals surface area contributed by atoms with Crippen LogP contribution in [0.25, 0.3) is 0 Å². The molecule has 4 rings (SSSR count). The number of likely N-dealkylation sites (tertiary alicyclic amines) is 1. The molecular formula is C21H32N2O5. The molecule has 7 heteroatoms. The Morgan fingerprint density at radius 3 is 2.64 bits per heavy atom. The highest BCUT2D eigenvalue weighted by Crippen LogP contribution is 2.70. The molecule has 4 fully saturated rings. The van der Waals surface area contributed by atoms with E-state index < -0.39 is 22.6 Å². The van der Waals surface area contributed by atoms with E-state index in [1.54, 1.807) is 20.8 Å². The molecule has 0 aromatic carbocycles. The summed E-state index contributed by atoms with van der Waals surface area (Å²) in [5.41, 5.74) is -2.20. The first-order valence-corrected chi connectivity index (χ1v) is 10.5. The van der Waals surface area contributed by atoms with Gasteiger partial charge in [0.1, 0.15) is 11.0 Å². The maximum atomic E-state index is 13.7. The summed E-state index contributed by atoms with van der Waals surface area (Å²) in [6.45, 7) is 10.3. The number of piperidine rings is 2. The van der Waals surface area contributed by atoms with Crippen LogP contribution in [0.2, 0.25) is 0 Å². The Morgan fingerprint density at radius 2 is 2.00 bits per heavy atom. The summed E-state index contributed by atoms with van der Waals surface area (Å²) >= 11 is 0. The maximum Gasteiger partial charge on any atom is 0.417 e. The van der Waals surface area contributed by atoms with E-state index in [4.69, 9.17) is 9.47 Å². The van der Waals surface area contributed by atoms with Gasteiger partial charge in [0.15, 0.2) is 0 Å². The lowest BCUT2D eigenvalue weighted by Gasteiger charge is -2.69. The number of rotatable bonds is 2. The second-order valence-corrected chi connectivity index (χ2v) is 10.3. The number of carbonyl (C=O) groups is 3. The summed E-state index contributed by atoms with van der Waals surface area (Å²) in [4.78, 5) is 40.1. The lowest BCUT2D eigenvalue weighted by Crippen LogP contribution is -2.85. The maximum absolute atomic E-state index is 13.7. The van der Waals surface area contributed by atoms with Gasteiger partial charge in [0, 0.05) is 13.0 Å². The number of nitrogens with one attached hydrogen (secondary N) is 1. The van der Waals surface area contributed by atoms with E-state index >= 15 is 0 Å². The summed E-state index contributed by atoms with van der Waals surface area (Å²) in [6.07, 6.45) is 2.02. The molecular weight excluding hydrogens is 360 g/mol. The SMILES string of the molecule is CC(C)C[C@H]1OC[C@@]23C(=O)N(C(=O)OC(C)(C)C)CC[C@@H]2[C@@H]2CCC(=O)N[C@@]123. The second-order valence-electron chi connectivity index (χ2n) is 10.3. The molecule has 1 N–H and O–H groups in total. The van der Waals surface area contributed by atoms with Crippen molar-refractivity contribution in [2.45, 2.75) is 77.5 Å². The second kappa shape index (κ2) is 6.18. The van der Waals surface area contributed by atoms with Crippen molar-refractivity contribution in [1.29, 1.82) is 0 Å². The minimum atomic E-state index is -0.845. The van der Waals surface area contributed by atoms with Gasteiger partial charge in [-0.3, -0.25) is 9.59 Å². The Labute approximate surface area is 166 Å². The van der Waals surface area contributed by atoms with E-state index in [-0.39, 0.29) is 36.4 Å². The Hall–Kier alpha value is -1.63. The van der Waals surface area contributed by atoms with Crippen LogP contribution in [0, 0.1) is 23.2 Å². The molecule has 2 spiro atoms. The van der Waals surface area contributed by atoms with Crippen LogP contribution in [0.1, 0.15) is 60.3 Å². The summed E-state index contributed by atoms with van der Waals surface area (Å²) in [7, 11) is 0. The zero-order chi connectivity index (χ0) is 20.5. The highest BCUT2D eigenvalue weighted by atomic mass is 16.6. The van der Waals surface area contributed by atoms with E-state index in [1.807, 2.05) is 0 Å². The van der Waals surface area contributed by atoms with E-state index in [1.165, 1.54) is 4.90 Å². The van der Waals surface area contributed by atoms with Crippen LogP contribution in [-0.4, -0.2) is 53.2 Å². The van der Waals surface area contributed by atoms with Crippen LogP contribution >= 0.6 is 0 Å². The molecule has 1 aliphatic carbocycles. The Kier molecular flexibility index (Phi) is 4.34. The van der Waals surface area contributed by atoms with E-state index in [9.17, 15) is 14.4 Å². The largest absolute Gasteiger partial charge is 0.443 e. The van der Waals surface area contributed by atoms with Gasteiger partial charge in [-0.25, -0.2) is 9.69 Å². The minimum Gasteiger partial charge on any atom is -0.443 e. The standard InChI is InChI=1S/C21H32N2O5/c1-12(2)10-15-21-14(6-7-16(24)22-21)13-8-9-23(18(26)28-19(3,4)5)17(25)20(13,21)11-27-15/h12-15H,6-11H2,1-5H3,(H,22,24)/t13-,14+,15-,20+,21-/m1/s1. The summed E-state index contributed by atoms with van der Waals surface area (Å²) in [5, 5.41) is 3.21. The van der Waals surface area contributed by atoms with Crippen LogP contribution in [-0.2, 0) is 19.1 Å². The topological polar surface area (TPSA) is 84.9 Å². The molecule has 3 aliphatic heterocycles. The van der Waals surface area contributed by atoms with Crippen molar-refractivity contribution in [1.82, 2.24) is 10.2 Å². The highest BCUT2D eigenvalue weighted by molar-refractivity contribution is 5.99. The molecule has 1 saturated carbocycles. The number of amides is 3. The molecule has 7 nitrogen and oxygen atoms in total. The molecule has 0 radical (unpaired) electrons. The minimum absolute atomic E-state index is 0.0180. The summed E-state index contributed by atoms with van der Waals surface area (Å²) in [6, 6.07) is 0. The van der Waals surface area contributed by atoms with Gasteiger partial charge in [0.2, 0.25) is 11.8 Å². The summed E-state index contributed by atoms with van der Waals surface area (Å²) < 4.78 is 11.7. The molecule has 0 unspecified atom stereocenters. The number of carbonyl (C=O) groups excluding carboxylic acids is 3. The number of hydrogen-bond acceptors (Lipinski definition) is 5. The number of fused-ring (bicyclic) bond motifs is 1. The van der Waals surface area contributed by atoms with Crippen LogP contribution in [0.4, 0.5) is 4.79 Å². The molecule has 3 saturated heterocycles. The fourth-order valence-corrected chi connectivity index (χ4v) is 6.24. The normalized spacial score (nSPS) is 39.6. The van der Waals surface area contributed by atoms with Gasteiger partial charge < -0.3 is 14.8 Å². The monoisotopic (exact) mass is 392 g/mol. The predicted octanol–water partition coefficient (Wildman–Crippen LogP) is 2.48.